The molecular weight excluding hydrogens is 316 g/mol. The minimum Gasteiger partial charge on any atom is -0.382 e. The molecule has 25 heavy (non-hydrogen) atoms. The van der Waals surface area contributed by atoms with Crippen molar-refractivity contribution < 1.29 is 4.79 Å². The Kier molecular flexibility index (Phi) is 3.59. The number of amides is 1. The summed E-state index contributed by atoms with van der Waals surface area (Å²) in [5, 5.41) is 3.81. The minimum absolute atomic E-state index is 0.0767. The van der Waals surface area contributed by atoms with Crippen LogP contribution >= 0.6 is 0 Å². The van der Waals surface area contributed by atoms with Gasteiger partial charge in [-0.25, -0.2) is 9.97 Å². The highest BCUT2D eigenvalue weighted by molar-refractivity contribution is 6.06. The zero-order valence-corrected chi connectivity index (χ0v) is 13.1. The van der Waals surface area contributed by atoms with Crippen LogP contribution in [0, 0.1) is 0 Å². The van der Waals surface area contributed by atoms with Gasteiger partial charge in [-0.2, -0.15) is 0 Å². The highest BCUT2D eigenvalue weighted by atomic mass is 16.1. The standard InChI is InChI=1S/C18H14N6O/c19-17-16(24-15(10-22-17)12-2-1-6-20-9-12)18(25)23-13-3-4-14-11(8-13)5-7-21-14/h1-10,21H,(H2,19,22)(H,23,25). The van der Waals surface area contributed by atoms with Gasteiger partial charge < -0.3 is 16.0 Å². The molecule has 3 aromatic heterocycles. The molecule has 0 unspecified atom stereocenters. The van der Waals surface area contributed by atoms with E-state index in [0.717, 1.165) is 16.5 Å². The van der Waals surface area contributed by atoms with Gasteiger partial charge in [0.1, 0.15) is 0 Å². The summed E-state index contributed by atoms with van der Waals surface area (Å²) < 4.78 is 0. The van der Waals surface area contributed by atoms with E-state index in [9.17, 15) is 4.79 Å². The lowest BCUT2D eigenvalue weighted by Gasteiger charge is -2.08. The summed E-state index contributed by atoms with van der Waals surface area (Å²) in [6, 6.07) is 11.1. The van der Waals surface area contributed by atoms with Crippen molar-refractivity contribution in [2.24, 2.45) is 0 Å². The number of pyridine rings is 1. The number of aromatic amines is 1. The van der Waals surface area contributed by atoms with Gasteiger partial charge in [-0.1, -0.05) is 0 Å². The van der Waals surface area contributed by atoms with Crippen LogP contribution in [0.15, 0.2) is 61.2 Å². The molecule has 122 valence electrons. The van der Waals surface area contributed by atoms with Crippen LogP contribution in [0.5, 0.6) is 0 Å². The number of H-pyrrole nitrogens is 1. The van der Waals surface area contributed by atoms with E-state index in [0.29, 0.717) is 11.4 Å². The molecule has 0 bridgehead atoms. The van der Waals surface area contributed by atoms with Crippen LogP contribution in [0.3, 0.4) is 0 Å². The van der Waals surface area contributed by atoms with Crippen LogP contribution in [0.4, 0.5) is 11.5 Å². The van der Waals surface area contributed by atoms with Gasteiger partial charge >= 0.3 is 0 Å². The number of aromatic nitrogens is 4. The third-order valence-corrected chi connectivity index (χ3v) is 3.78. The van der Waals surface area contributed by atoms with E-state index in [4.69, 9.17) is 5.73 Å². The lowest BCUT2D eigenvalue weighted by atomic mass is 10.2. The molecule has 0 saturated carbocycles. The Labute approximate surface area is 143 Å². The Hall–Kier alpha value is -3.74. The predicted octanol–water partition coefficient (Wildman–Crippen LogP) is 2.85. The summed E-state index contributed by atoms with van der Waals surface area (Å²) in [7, 11) is 0. The normalized spacial score (nSPS) is 10.7. The molecule has 0 spiro atoms. The molecule has 0 fully saturated rings. The number of nitrogens with zero attached hydrogens (tertiary/aromatic N) is 3. The van der Waals surface area contributed by atoms with Crippen LogP contribution in [0.1, 0.15) is 10.5 Å². The van der Waals surface area contributed by atoms with Gasteiger partial charge in [0, 0.05) is 40.7 Å². The van der Waals surface area contributed by atoms with Crippen molar-refractivity contribution in [3.63, 3.8) is 0 Å². The highest BCUT2D eigenvalue weighted by Gasteiger charge is 2.15. The summed E-state index contributed by atoms with van der Waals surface area (Å²) in [6.07, 6.45) is 6.69. The average Bonchev–Trinajstić information content (AvgIpc) is 3.10. The third kappa shape index (κ3) is 2.90. The van der Waals surface area contributed by atoms with Gasteiger partial charge in [0.25, 0.3) is 5.91 Å². The minimum atomic E-state index is -0.411. The van der Waals surface area contributed by atoms with E-state index in [2.05, 4.69) is 25.3 Å². The van der Waals surface area contributed by atoms with Crippen molar-refractivity contribution in [3.8, 4) is 11.3 Å². The van der Waals surface area contributed by atoms with Gasteiger partial charge in [0.2, 0.25) is 0 Å². The lowest BCUT2D eigenvalue weighted by Crippen LogP contribution is -2.17. The summed E-state index contributed by atoms with van der Waals surface area (Å²) >= 11 is 0. The summed E-state index contributed by atoms with van der Waals surface area (Å²) in [5.74, 6) is -0.335. The van der Waals surface area contributed by atoms with E-state index in [1.807, 2.05) is 36.5 Å². The van der Waals surface area contributed by atoms with Crippen LogP contribution < -0.4 is 11.1 Å². The number of hydrogen-bond acceptors (Lipinski definition) is 5. The van der Waals surface area contributed by atoms with Gasteiger partial charge in [0.15, 0.2) is 11.5 Å². The van der Waals surface area contributed by atoms with Crippen molar-refractivity contribution in [1.82, 2.24) is 19.9 Å². The maximum Gasteiger partial charge on any atom is 0.278 e. The molecule has 0 atom stereocenters. The molecule has 1 amide bonds. The van der Waals surface area contributed by atoms with Gasteiger partial charge in [-0.05, 0) is 36.4 Å². The zero-order chi connectivity index (χ0) is 17.2. The van der Waals surface area contributed by atoms with E-state index in [1.165, 1.54) is 6.20 Å². The zero-order valence-electron chi connectivity index (χ0n) is 13.1. The number of fused-ring (bicyclic) bond motifs is 1. The number of benzene rings is 1. The van der Waals surface area contributed by atoms with Crippen LogP contribution in [-0.4, -0.2) is 25.8 Å². The Bertz CT molecular complexity index is 1060. The maximum absolute atomic E-state index is 12.6. The number of carbonyl (C=O) groups is 1. The Morgan fingerprint density at radius 2 is 2.08 bits per heavy atom. The molecule has 0 aliphatic heterocycles. The van der Waals surface area contributed by atoms with Crippen molar-refractivity contribution in [1.29, 1.82) is 0 Å². The molecule has 0 radical (unpaired) electrons. The second kappa shape index (κ2) is 6.04. The Balaban J connectivity index is 1.65. The number of nitrogens with one attached hydrogen (secondary N) is 2. The number of anilines is 2. The first-order chi connectivity index (χ1) is 12.2. The fourth-order valence-electron chi connectivity index (χ4n) is 2.54. The summed E-state index contributed by atoms with van der Waals surface area (Å²) in [6.45, 7) is 0. The monoisotopic (exact) mass is 330 g/mol. The molecule has 0 aliphatic rings. The van der Waals surface area contributed by atoms with Gasteiger partial charge in [-0.15, -0.1) is 0 Å². The van der Waals surface area contributed by atoms with Crippen LogP contribution in [0.2, 0.25) is 0 Å². The Morgan fingerprint density at radius 3 is 2.92 bits per heavy atom. The number of rotatable bonds is 3. The molecule has 7 heteroatoms. The molecule has 7 nitrogen and oxygen atoms in total. The largest absolute Gasteiger partial charge is 0.382 e. The van der Waals surface area contributed by atoms with Crippen LogP contribution in [-0.2, 0) is 0 Å². The number of nitrogens with two attached hydrogens (primary N) is 1. The molecule has 4 aromatic rings. The molecule has 0 saturated heterocycles. The van der Waals surface area contributed by atoms with E-state index < -0.39 is 5.91 Å². The fourth-order valence-corrected chi connectivity index (χ4v) is 2.54. The molecule has 3 heterocycles. The topological polar surface area (TPSA) is 110 Å². The van der Waals surface area contributed by atoms with Crippen molar-refractivity contribution in [2.45, 2.75) is 0 Å². The van der Waals surface area contributed by atoms with E-state index in [-0.39, 0.29) is 11.5 Å². The first kappa shape index (κ1) is 14.8. The fraction of sp³-hybridized carbons (Fsp3) is 0. The number of carbonyl (C=O) groups excluding carboxylic acids is 1. The van der Waals surface area contributed by atoms with Crippen molar-refractivity contribution >= 4 is 28.3 Å². The van der Waals surface area contributed by atoms with Crippen molar-refractivity contribution in [2.75, 3.05) is 11.1 Å². The highest BCUT2D eigenvalue weighted by Crippen LogP contribution is 2.20. The first-order valence-corrected chi connectivity index (χ1v) is 7.62. The van der Waals surface area contributed by atoms with Crippen LogP contribution in [0.25, 0.3) is 22.2 Å². The van der Waals surface area contributed by atoms with Gasteiger partial charge in [-0.3, -0.25) is 9.78 Å². The SMILES string of the molecule is Nc1ncc(-c2cccnc2)nc1C(=O)Nc1ccc2[nH]ccc2c1. The number of hydrogen-bond donors (Lipinski definition) is 3. The third-order valence-electron chi connectivity index (χ3n) is 3.78. The van der Waals surface area contributed by atoms with E-state index >= 15 is 0 Å². The second-order valence-electron chi connectivity index (χ2n) is 5.46. The smallest absolute Gasteiger partial charge is 0.278 e. The molecular formula is C18H14N6O. The maximum atomic E-state index is 12.6. The van der Waals surface area contributed by atoms with Crippen molar-refractivity contribution in [3.05, 3.63) is 66.9 Å². The summed E-state index contributed by atoms with van der Waals surface area (Å²) in [4.78, 5) is 28.2. The average molecular weight is 330 g/mol. The lowest BCUT2D eigenvalue weighted by molar-refractivity contribution is 0.102. The molecule has 4 N–H and O–H groups in total. The number of nitrogen functional groups attached to an aromatic ring is 1. The predicted molar refractivity (Wildman–Crippen MR) is 95.9 cm³/mol. The summed E-state index contributed by atoms with van der Waals surface area (Å²) in [5.41, 5.74) is 8.87. The van der Waals surface area contributed by atoms with Gasteiger partial charge in [0.05, 0.1) is 11.9 Å². The second-order valence-corrected chi connectivity index (χ2v) is 5.46. The Morgan fingerprint density at radius 1 is 1.16 bits per heavy atom. The quantitative estimate of drug-likeness (QED) is 0.535. The molecule has 1 aromatic carbocycles. The van der Waals surface area contributed by atoms with E-state index in [1.54, 1.807) is 18.5 Å². The molecule has 4 rings (SSSR count). The molecule has 0 aliphatic carbocycles. The first-order valence-electron chi connectivity index (χ1n) is 7.62.